The summed E-state index contributed by atoms with van der Waals surface area (Å²) in [5.41, 5.74) is 6.35. The van der Waals surface area contributed by atoms with Crippen LogP contribution in [0.25, 0.3) is 16.6 Å². The summed E-state index contributed by atoms with van der Waals surface area (Å²) in [7, 11) is 0. The minimum atomic E-state index is 0.282. The van der Waals surface area contributed by atoms with E-state index in [-0.39, 0.29) is 6.04 Å². The molecular formula is C20H26N6O2. The van der Waals surface area contributed by atoms with E-state index < -0.39 is 0 Å². The summed E-state index contributed by atoms with van der Waals surface area (Å²) in [4.78, 5) is 7.35. The lowest BCUT2D eigenvalue weighted by Gasteiger charge is -2.34. The summed E-state index contributed by atoms with van der Waals surface area (Å²) >= 11 is 0. The van der Waals surface area contributed by atoms with Crippen molar-refractivity contribution in [3.8, 4) is 0 Å². The van der Waals surface area contributed by atoms with Gasteiger partial charge in [0.15, 0.2) is 11.5 Å². The molecular weight excluding hydrogens is 356 g/mol. The van der Waals surface area contributed by atoms with Crippen molar-refractivity contribution in [1.29, 1.82) is 0 Å². The second-order valence-electron chi connectivity index (χ2n) is 7.77. The molecule has 1 unspecified atom stereocenters. The molecule has 0 aliphatic carbocycles. The van der Waals surface area contributed by atoms with Gasteiger partial charge in [-0.05, 0) is 37.5 Å². The quantitative estimate of drug-likeness (QED) is 0.856. The fraction of sp³-hybridized carbons (Fsp3) is 0.550. The zero-order valence-electron chi connectivity index (χ0n) is 16.4. The Morgan fingerprint density at radius 1 is 1.21 bits per heavy atom. The van der Waals surface area contributed by atoms with E-state index in [0.29, 0.717) is 19.3 Å². The Morgan fingerprint density at radius 3 is 2.89 bits per heavy atom. The molecule has 28 heavy (non-hydrogen) atoms. The highest BCUT2D eigenvalue weighted by Gasteiger charge is 2.25. The maximum absolute atomic E-state index is 5.73. The highest BCUT2D eigenvalue weighted by Crippen LogP contribution is 2.31. The van der Waals surface area contributed by atoms with Crippen LogP contribution in [0.5, 0.6) is 0 Å². The van der Waals surface area contributed by atoms with Crippen LogP contribution in [0.2, 0.25) is 0 Å². The van der Waals surface area contributed by atoms with Gasteiger partial charge in [0.1, 0.15) is 5.82 Å². The minimum Gasteiger partial charge on any atom is -0.377 e. The number of nitrogens with zero attached hydrogens (tertiary/aromatic N) is 5. The van der Waals surface area contributed by atoms with Gasteiger partial charge in [-0.15, -0.1) is 0 Å². The third-order valence-corrected chi connectivity index (χ3v) is 5.59. The number of hydrogen-bond acceptors (Lipinski definition) is 7. The smallest absolute Gasteiger partial charge is 0.167 e. The van der Waals surface area contributed by atoms with Crippen LogP contribution in [0.1, 0.15) is 32.3 Å². The van der Waals surface area contributed by atoms with Crippen molar-refractivity contribution in [3.05, 3.63) is 23.9 Å². The van der Waals surface area contributed by atoms with E-state index in [9.17, 15) is 0 Å². The molecule has 3 aliphatic rings. The molecule has 0 radical (unpaired) electrons. The van der Waals surface area contributed by atoms with Gasteiger partial charge in [-0.3, -0.25) is 0 Å². The average molecular weight is 382 g/mol. The molecule has 5 heterocycles. The Morgan fingerprint density at radius 2 is 2.14 bits per heavy atom. The molecule has 5 rings (SSSR count). The first-order valence-corrected chi connectivity index (χ1v) is 10.0. The number of aromatic nitrogens is 3. The van der Waals surface area contributed by atoms with E-state index in [1.54, 1.807) is 0 Å². The van der Waals surface area contributed by atoms with Gasteiger partial charge in [0.05, 0.1) is 38.7 Å². The number of hydrogen-bond donors (Lipinski definition) is 1. The van der Waals surface area contributed by atoms with Crippen LogP contribution in [0.4, 0.5) is 5.82 Å². The summed E-state index contributed by atoms with van der Waals surface area (Å²) in [6, 6.07) is 2.78. The van der Waals surface area contributed by atoms with E-state index in [1.165, 1.54) is 5.57 Å². The lowest BCUT2D eigenvalue weighted by molar-refractivity contribution is 0.0985. The topological polar surface area (TPSA) is 76.8 Å². The lowest BCUT2D eigenvalue weighted by atomic mass is 10.0. The second kappa shape index (κ2) is 7.18. The van der Waals surface area contributed by atoms with E-state index in [2.05, 4.69) is 46.5 Å². The SMILES string of the molecule is CC1CC(n2ncc3c(C4=CCCOC4)cc(N4CCOC[C@H]4C)nc32)=NN1. The molecule has 0 spiro atoms. The Hall–Kier alpha value is -2.45. The van der Waals surface area contributed by atoms with Gasteiger partial charge in [-0.25, -0.2) is 4.98 Å². The van der Waals surface area contributed by atoms with Crippen LogP contribution in [0, 0.1) is 0 Å². The van der Waals surface area contributed by atoms with E-state index in [1.807, 2.05) is 10.9 Å². The van der Waals surface area contributed by atoms with Crippen molar-refractivity contribution in [3.63, 3.8) is 0 Å². The fourth-order valence-electron chi connectivity index (χ4n) is 4.09. The van der Waals surface area contributed by atoms with Crippen LogP contribution in [-0.4, -0.2) is 65.7 Å². The fourth-order valence-corrected chi connectivity index (χ4v) is 4.09. The monoisotopic (exact) mass is 382 g/mol. The summed E-state index contributed by atoms with van der Waals surface area (Å²) in [5, 5.41) is 10.2. The molecule has 1 N–H and O–H groups in total. The van der Waals surface area contributed by atoms with Crippen molar-refractivity contribution < 1.29 is 9.47 Å². The van der Waals surface area contributed by atoms with E-state index >= 15 is 0 Å². The van der Waals surface area contributed by atoms with Crippen molar-refractivity contribution in [2.75, 3.05) is 37.9 Å². The van der Waals surface area contributed by atoms with Crippen LogP contribution < -0.4 is 10.3 Å². The first-order valence-electron chi connectivity index (χ1n) is 10.0. The largest absolute Gasteiger partial charge is 0.377 e. The lowest BCUT2D eigenvalue weighted by Crippen LogP contribution is -2.44. The number of nitrogens with one attached hydrogen (secondary N) is 1. The highest BCUT2D eigenvalue weighted by molar-refractivity contribution is 5.98. The standard InChI is InChI=1S/C20H26N6O2/c1-13-8-19(24-23-13)26-20-17(10-21-26)16(15-4-3-6-27-12-15)9-18(22-20)25-5-7-28-11-14(25)2/h4,9-10,13-14,23H,3,5-8,11-12H2,1-2H3/t13?,14-/m1/s1. The number of hydrazone groups is 1. The van der Waals surface area contributed by atoms with Crippen LogP contribution in [0.3, 0.4) is 0 Å². The molecule has 3 aliphatic heterocycles. The van der Waals surface area contributed by atoms with Gasteiger partial charge in [-0.2, -0.15) is 14.9 Å². The molecule has 0 aromatic carbocycles. The molecule has 8 nitrogen and oxygen atoms in total. The van der Waals surface area contributed by atoms with Crippen molar-refractivity contribution in [2.24, 2.45) is 5.10 Å². The summed E-state index contributed by atoms with van der Waals surface area (Å²) < 4.78 is 13.2. The maximum Gasteiger partial charge on any atom is 0.167 e. The summed E-state index contributed by atoms with van der Waals surface area (Å²) in [6.45, 7) is 7.98. The molecule has 2 aromatic heterocycles. The third kappa shape index (κ3) is 3.06. The van der Waals surface area contributed by atoms with Gasteiger partial charge in [-0.1, -0.05) is 6.08 Å². The predicted molar refractivity (Wildman–Crippen MR) is 109 cm³/mol. The zero-order valence-corrected chi connectivity index (χ0v) is 16.4. The Balaban J connectivity index is 1.66. The van der Waals surface area contributed by atoms with E-state index in [0.717, 1.165) is 60.9 Å². The zero-order chi connectivity index (χ0) is 19.1. The van der Waals surface area contributed by atoms with Crippen LogP contribution in [0.15, 0.2) is 23.4 Å². The molecule has 0 amide bonds. The number of morpholine rings is 1. The Bertz CT molecular complexity index is 950. The number of ether oxygens (including phenoxy) is 2. The first-order chi connectivity index (χ1) is 13.7. The molecule has 1 saturated heterocycles. The predicted octanol–water partition coefficient (Wildman–Crippen LogP) is 2.00. The number of rotatable bonds is 2. The van der Waals surface area contributed by atoms with Gasteiger partial charge in [0, 0.05) is 24.4 Å². The third-order valence-electron chi connectivity index (χ3n) is 5.59. The Labute approximate surface area is 164 Å². The number of anilines is 1. The molecule has 2 aromatic rings. The molecule has 8 heteroatoms. The number of pyridine rings is 1. The van der Waals surface area contributed by atoms with Crippen LogP contribution in [-0.2, 0) is 9.47 Å². The van der Waals surface area contributed by atoms with Gasteiger partial charge in [0.25, 0.3) is 0 Å². The molecule has 0 saturated carbocycles. The van der Waals surface area contributed by atoms with Gasteiger partial charge >= 0.3 is 0 Å². The van der Waals surface area contributed by atoms with Crippen molar-refractivity contribution in [2.45, 2.75) is 38.8 Å². The van der Waals surface area contributed by atoms with Crippen LogP contribution >= 0.6 is 0 Å². The maximum atomic E-state index is 5.73. The second-order valence-corrected chi connectivity index (χ2v) is 7.77. The van der Waals surface area contributed by atoms with Crippen molar-refractivity contribution >= 4 is 28.3 Å². The minimum absolute atomic E-state index is 0.282. The van der Waals surface area contributed by atoms with Crippen molar-refractivity contribution in [1.82, 2.24) is 20.2 Å². The molecule has 2 atom stereocenters. The number of fused-ring (bicyclic) bond motifs is 1. The van der Waals surface area contributed by atoms with Gasteiger partial charge < -0.3 is 19.8 Å². The normalized spacial score (nSPS) is 25.6. The molecule has 1 fully saturated rings. The summed E-state index contributed by atoms with van der Waals surface area (Å²) in [6.07, 6.45) is 5.95. The average Bonchev–Trinajstić information content (AvgIpc) is 3.34. The molecule has 148 valence electrons. The highest BCUT2D eigenvalue weighted by atomic mass is 16.5. The van der Waals surface area contributed by atoms with Gasteiger partial charge in [0.2, 0.25) is 0 Å². The Kier molecular flexibility index (Phi) is 4.52. The summed E-state index contributed by atoms with van der Waals surface area (Å²) in [5.74, 6) is 1.87. The van der Waals surface area contributed by atoms with E-state index in [4.69, 9.17) is 14.5 Å². The first kappa shape index (κ1) is 17.6. The molecule has 0 bridgehead atoms.